The summed E-state index contributed by atoms with van der Waals surface area (Å²) in [5.41, 5.74) is 0.648. The van der Waals surface area contributed by atoms with Crippen LogP contribution in [-0.2, 0) is 13.1 Å². The zero-order chi connectivity index (χ0) is 13.7. The van der Waals surface area contributed by atoms with E-state index in [0.29, 0.717) is 6.54 Å². The van der Waals surface area contributed by atoms with E-state index in [4.69, 9.17) is 0 Å². The smallest absolute Gasteiger partial charge is 0.223 e. The molecule has 2 rings (SSSR count). The third kappa shape index (κ3) is 3.70. The summed E-state index contributed by atoms with van der Waals surface area (Å²) in [5.74, 6) is -0.193. The maximum atomic E-state index is 11.6. The van der Waals surface area contributed by atoms with Gasteiger partial charge in [0.2, 0.25) is 5.43 Å². The van der Waals surface area contributed by atoms with Crippen molar-refractivity contribution < 1.29 is 5.11 Å². The quantitative estimate of drug-likeness (QED) is 0.845. The van der Waals surface area contributed by atoms with E-state index in [1.165, 1.54) is 31.9 Å². The summed E-state index contributed by atoms with van der Waals surface area (Å²) in [6, 6.07) is 1.55. The van der Waals surface area contributed by atoms with Crippen molar-refractivity contribution in [2.24, 2.45) is 0 Å². The van der Waals surface area contributed by atoms with E-state index in [1.807, 2.05) is 4.57 Å². The molecule has 1 aliphatic rings. The molecule has 0 spiro atoms. The second kappa shape index (κ2) is 6.57. The lowest BCUT2D eigenvalue weighted by Crippen LogP contribution is -2.27. The molecule has 0 atom stereocenters. The first-order valence-corrected chi connectivity index (χ1v) is 6.96. The number of allylic oxidation sites excluding steroid dienone is 1. The van der Waals surface area contributed by atoms with Gasteiger partial charge >= 0.3 is 0 Å². The van der Waals surface area contributed by atoms with Gasteiger partial charge in [-0.2, -0.15) is 0 Å². The van der Waals surface area contributed by atoms with Gasteiger partial charge in [-0.1, -0.05) is 18.9 Å². The van der Waals surface area contributed by atoms with Crippen molar-refractivity contribution in [3.05, 3.63) is 40.8 Å². The van der Waals surface area contributed by atoms with Gasteiger partial charge < -0.3 is 9.67 Å². The fourth-order valence-corrected chi connectivity index (χ4v) is 2.57. The topological polar surface area (TPSA) is 45.5 Å². The van der Waals surface area contributed by atoms with Crippen LogP contribution in [0.1, 0.15) is 31.4 Å². The average Bonchev–Trinajstić information content (AvgIpc) is 2.64. The number of rotatable bonds is 4. The lowest BCUT2D eigenvalue weighted by atomic mass is 10.2. The largest absolute Gasteiger partial charge is 0.503 e. The summed E-state index contributed by atoms with van der Waals surface area (Å²) < 4.78 is 1.90. The van der Waals surface area contributed by atoms with Crippen LogP contribution in [0.2, 0.25) is 0 Å². The highest BCUT2D eigenvalue weighted by molar-refractivity contribution is 5.20. The number of aromatic hydroxyl groups is 1. The van der Waals surface area contributed by atoms with E-state index < -0.39 is 0 Å². The molecule has 4 nitrogen and oxygen atoms in total. The van der Waals surface area contributed by atoms with Crippen molar-refractivity contribution >= 4 is 0 Å². The number of aromatic nitrogens is 1. The van der Waals surface area contributed by atoms with E-state index in [1.54, 1.807) is 12.1 Å². The highest BCUT2D eigenvalue weighted by atomic mass is 16.3. The molecule has 4 heteroatoms. The number of likely N-dealkylation sites (tertiary alicyclic amines) is 1. The number of nitrogens with zero attached hydrogens (tertiary/aromatic N) is 2. The monoisotopic (exact) mass is 262 g/mol. The third-order valence-electron chi connectivity index (χ3n) is 3.61. The third-order valence-corrected chi connectivity index (χ3v) is 3.61. The minimum atomic E-state index is -0.301. The molecule has 0 radical (unpaired) electrons. The minimum Gasteiger partial charge on any atom is -0.503 e. The molecule has 1 saturated heterocycles. The van der Waals surface area contributed by atoms with Gasteiger partial charge in [-0.15, -0.1) is 6.58 Å². The molecule has 0 aromatic carbocycles. The van der Waals surface area contributed by atoms with Crippen molar-refractivity contribution in [2.45, 2.75) is 38.8 Å². The van der Waals surface area contributed by atoms with Crippen LogP contribution in [0.25, 0.3) is 0 Å². The van der Waals surface area contributed by atoms with Crippen LogP contribution in [0.5, 0.6) is 5.75 Å². The molecule has 1 aromatic heterocycles. The molecule has 104 valence electrons. The van der Waals surface area contributed by atoms with Gasteiger partial charge in [0.05, 0.1) is 6.20 Å². The number of hydrogen-bond acceptors (Lipinski definition) is 3. The van der Waals surface area contributed by atoms with Crippen molar-refractivity contribution in [2.75, 3.05) is 13.1 Å². The van der Waals surface area contributed by atoms with Crippen LogP contribution in [-0.4, -0.2) is 27.7 Å². The van der Waals surface area contributed by atoms with Gasteiger partial charge in [0.15, 0.2) is 5.75 Å². The maximum Gasteiger partial charge on any atom is 0.223 e. The first-order chi connectivity index (χ1) is 9.20. The Hall–Kier alpha value is -1.55. The SMILES string of the molecule is C=CCn1cc(O)c(=O)cc1CN1CCCCCC1. The van der Waals surface area contributed by atoms with E-state index in [9.17, 15) is 9.90 Å². The molecule has 0 saturated carbocycles. The predicted molar refractivity (Wildman–Crippen MR) is 76.3 cm³/mol. The van der Waals surface area contributed by atoms with Crippen LogP contribution in [0.3, 0.4) is 0 Å². The molecular formula is C15H22N2O2. The number of pyridine rings is 1. The van der Waals surface area contributed by atoms with Gasteiger partial charge in [-0.3, -0.25) is 9.69 Å². The molecule has 1 aliphatic heterocycles. The Morgan fingerprint density at radius 2 is 1.95 bits per heavy atom. The average molecular weight is 262 g/mol. The van der Waals surface area contributed by atoms with E-state index in [0.717, 1.165) is 25.3 Å². The standard InChI is InChI=1S/C15H22N2O2/c1-2-7-17-12-15(19)14(18)10-13(17)11-16-8-5-3-4-6-9-16/h2,10,12,19H,1,3-9,11H2. The molecule has 0 bridgehead atoms. The molecule has 19 heavy (non-hydrogen) atoms. The Kier molecular flexibility index (Phi) is 4.80. The maximum absolute atomic E-state index is 11.6. The zero-order valence-electron chi connectivity index (χ0n) is 11.3. The lowest BCUT2D eigenvalue weighted by Gasteiger charge is -2.22. The Morgan fingerprint density at radius 1 is 1.26 bits per heavy atom. The molecule has 0 amide bonds. The second-order valence-corrected chi connectivity index (χ2v) is 5.15. The van der Waals surface area contributed by atoms with Crippen LogP contribution in [0, 0.1) is 0 Å². The van der Waals surface area contributed by atoms with Gasteiger partial charge in [0, 0.05) is 24.8 Å². The summed E-state index contributed by atoms with van der Waals surface area (Å²) in [4.78, 5) is 14.0. The summed E-state index contributed by atoms with van der Waals surface area (Å²) in [5, 5.41) is 9.52. The first-order valence-electron chi connectivity index (χ1n) is 6.96. The molecule has 1 fully saturated rings. The van der Waals surface area contributed by atoms with Gasteiger partial charge in [0.1, 0.15) is 0 Å². The minimum absolute atomic E-state index is 0.193. The van der Waals surface area contributed by atoms with E-state index in [-0.39, 0.29) is 11.2 Å². The van der Waals surface area contributed by atoms with E-state index in [2.05, 4.69) is 11.5 Å². The van der Waals surface area contributed by atoms with Crippen molar-refractivity contribution in [3.8, 4) is 5.75 Å². The molecule has 0 aliphatic carbocycles. The summed E-state index contributed by atoms with van der Waals surface area (Å²) in [6.45, 7) is 7.27. The Balaban J connectivity index is 2.19. The van der Waals surface area contributed by atoms with Crippen molar-refractivity contribution in [1.29, 1.82) is 0 Å². The summed E-state index contributed by atoms with van der Waals surface area (Å²) in [7, 11) is 0. The summed E-state index contributed by atoms with van der Waals surface area (Å²) in [6.07, 6.45) is 8.33. The van der Waals surface area contributed by atoms with Crippen LogP contribution < -0.4 is 5.43 Å². The molecule has 1 aromatic rings. The Morgan fingerprint density at radius 3 is 2.58 bits per heavy atom. The Bertz CT molecular complexity index is 485. The van der Waals surface area contributed by atoms with Crippen LogP contribution >= 0.6 is 0 Å². The highest BCUT2D eigenvalue weighted by Gasteiger charge is 2.12. The zero-order valence-corrected chi connectivity index (χ0v) is 11.3. The highest BCUT2D eigenvalue weighted by Crippen LogP contribution is 2.14. The second-order valence-electron chi connectivity index (χ2n) is 5.15. The Labute approximate surface area is 114 Å². The van der Waals surface area contributed by atoms with Crippen LogP contribution in [0.4, 0.5) is 0 Å². The lowest BCUT2D eigenvalue weighted by molar-refractivity contribution is 0.269. The van der Waals surface area contributed by atoms with Crippen molar-refractivity contribution in [1.82, 2.24) is 9.47 Å². The van der Waals surface area contributed by atoms with E-state index >= 15 is 0 Å². The number of hydrogen-bond donors (Lipinski definition) is 1. The van der Waals surface area contributed by atoms with Gasteiger partial charge in [0.25, 0.3) is 0 Å². The molecular weight excluding hydrogens is 240 g/mol. The van der Waals surface area contributed by atoms with Gasteiger partial charge in [-0.25, -0.2) is 0 Å². The fraction of sp³-hybridized carbons (Fsp3) is 0.533. The van der Waals surface area contributed by atoms with Crippen LogP contribution in [0.15, 0.2) is 29.7 Å². The molecule has 1 N–H and O–H groups in total. The van der Waals surface area contributed by atoms with Crippen molar-refractivity contribution in [3.63, 3.8) is 0 Å². The first kappa shape index (κ1) is 13.9. The normalized spacial score (nSPS) is 17.1. The molecule has 2 heterocycles. The fourth-order valence-electron chi connectivity index (χ4n) is 2.57. The summed E-state index contributed by atoms with van der Waals surface area (Å²) >= 11 is 0. The van der Waals surface area contributed by atoms with Gasteiger partial charge in [-0.05, 0) is 25.9 Å². The molecule has 0 unspecified atom stereocenters. The predicted octanol–water partition coefficient (Wildman–Crippen LogP) is 2.12.